The van der Waals surface area contributed by atoms with Crippen LogP contribution in [0.25, 0.3) is 11.0 Å². The van der Waals surface area contributed by atoms with Gasteiger partial charge in [-0.1, -0.05) is 11.8 Å². The van der Waals surface area contributed by atoms with E-state index in [9.17, 15) is 9.90 Å². The van der Waals surface area contributed by atoms with Gasteiger partial charge in [-0.05, 0) is 42.8 Å². The first kappa shape index (κ1) is 13.8. The number of aromatic hydroxyl groups is 1. The van der Waals surface area contributed by atoms with E-state index in [-0.39, 0.29) is 17.0 Å². The fourth-order valence-corrected chi connectivity index (χ4v) is 4.81. The topological polar surface area (TPSA) is 79.7 Å². The molecule has 2 aliphatic rings. The summed E-state index contributed by atoms with van der Waals surface area (Å²) in [5, 5.41) is 10.5. The van der Waals surface area contributed by atoms with Gasteiger partial charge in [0, 0.05) is 28.1 Å². The van der Waals surface area contributed by atoms with Gasteiger partial charge in [0.15, 0.2) is 0 Å². The molecule has 5 nitrogen and oxygen atoms in total. The normalized spacial score (nSPS) is 19.1. The lowest BCUT2D eigenvalue weighted by Crippen LogP contribution is -2.40. The summed E-state index contributed by atoms with van der Waals surface area (Å²) in [6.45, 7) is 0.627. The third-order valence-corrected chi connectivity index (χ3v) is 5.95. The first-order valence-corrected chi connectivity index (χ1v) is 8.61. The molecule has 1 aromatic heterocycles. The van der Waals surface area contributed by atoms with Crippen LogP contribution in [0, 0.1) is 0 Å². The highest BCUT2D eigenvalue weighted by Crippen LogP contribution is 2.50. The smallest absolute Gasteiger partial charge is 0.256 e. The molecule has 0 radical (unpaired) electrons. The summed E-state index contributed by atoms with van der Waals surface area (Å²) in [5.74, 6) is 1.03. The predicted octanol–water partition coefficient (Wildman–Crippen LogP) is 3.52. The second-order valence-electron chi connectivity index (χ2n) is 6.10. The predicted molar refractivity (Wildman–Crippen MR) is 92.1 cm³/mol. The minimum Gasteiger partial charge on any atom is -0.508 e. The number of nitrogen functional groups attached to an aromatic ring is 1. The van der Waals surface area contributed by atoms with Crippen molar-refractivity contribution >= 4 is 34.3 Å². The van der Waals surface area contributed by atoms with Crippen LogP contribution in [-0.2, 0) is 6.42 Å². The van der Waals surface area contributed by atoms with Gasteiger partial charge in [-0.3, -0.25) is 4.79 Å². The molecule has 1 amide bonds. The minimum absolute atomic E-state index is 0.00463. The Balaban J connectivity index is 1.68. The zero-order valence-electron chi connectivity index (χ0n) is 12.7. The van der Waals surface area contributed by atoms with E-state index in [1.165, 1.54) is 0 Å². The largest absolute Gasteiger partial charge is 0.508 e. The summed E-state index contributed by atoms with van der Waals surface area (Å²) in [7, 11) is 0. The van der Waals surface area contributed by atoms with Crippen LogP contribution in [0.2, 0.25) is 0 Å². The monoisotopic (exact) mass is 338 g/mol. The maximum Gasteiger partial charge on any atom is 0.256 e. The van der Waals surface area contributed by atoms with Gasteiger partial charge in [-0.25, -0.2) is 0 Å². The van der Waals surface area contributed by atoms with Gasteiger partial charge in [0.1, 0.15) is 22.5 Å². The average Bonchev–Trinajstić information content (AvgIpc) is 2.94. The van der Waals surface area contributed by atoms with Crippen LogP contribution >= 0.6 is 11.8 Å². The number of fused-ring (bicyclic) bond motifs is 6. The maximum atomic E-state index is 12.9. The fraction of sp³-hybridized carbons (Fsp3) is 0.167. The highest BCUT2D eigenvalue weighted by molar-refractivity contribution is 7.99. The Morgan fingerprint density at radius 2 is 2.12 bits per heavy atom. The third-order valence-electron chi connectivity index (χ3n) is 4.65. The number of phenols is 1. The van der Waals surface area contributed by atoms with Crippen molar-refractivity contribution < 1.29 is 14.3 Å². The number of nitrogens with two attached hydrogens (primary N) is 1. The molecule has 3 heterocycles. The van der Waals surface area contributed by atoms with E-state index in [2.05, 4.69) is 0 Å². The second-order valence-corrected chi connectivity index (χ2v) is 7.22. The molecule has 0 spiro atoms. The molecular weight excluding hydrogens is 324 g/mol. The van der Waals surface area contributed by atoms with Crippen LogP contribution in [0.5, 0.6) is 5.75 Å². The van der Waals surface area contributed by atoms with Gasteiger partial charge >= 0.3 is 0 Å². The van der Waals surface area contributed by atoms with Gasteiger partial charge in [0.05, 0.1) is 5.56 Å². The lowest BCUT2D eigenvalue weighted by atomic mass is 10.0. The van der Waals surface area contributed by atoms with Crippen LogP contribution in [0.3, 0.4) is 0 Å². The number of thioether (sulfide) groups is 1. The molecule has 120 valence electrons. The summed E-state index contributed by atoms with van der Waals surface area (Å²) in [6.07, 6.45) is 0.715. The van der Waals surface area contributed by atoms with E-state index in [0.29, 0.717) is 24.2 Å². The molecule has 3 N–H and O–H groups in total. The standard InChI is InChI=1S/C18H14N2O3S/c19-9-1-4-15-13(7-9)17(22)20-6-5-11-12-8-10(21)2-3-14(12)23-16(11)18(20)24-15/h1-4,7-8,18,21H,5-6,19H2. The fourth-order valence-electron chi connectivity index (χ4n) is 3.52. The molecule has 0 saturated heterocycles. The number of hydrogen-bond acceptors (Lipinski definition) is 5. The number of rotatable bonds is 0. The van der Waals surface area contributed by atoms with Crippen molar-refractivity contribution in [1.29, 1.82) is 0 Å². The molecule has 0 saturated carbocycles. The van der Waals surface area contributed by atoms with E-state index >= 15 is 0 Å². The third kappa shape index (κ3) is 1.80. The van der Waals surface area contributed by atoms with Crippen LogP contribution in [-0.4, -0.2) is 22.5 Å². The molecule has 2 aromatic carbocycles. The summed E-state index contributed by atoms with van der Waals surface area (Å²) in [6, 6.07) is 10.6. The van der Waals surface area contributed by atoms with Gasteiger partial charge < -0.3 is 20.2 Å². The highest BCUT2D eigenvalue weighted by Gasteiger charge is 2.40. The summed E-state index contributed by atoms with van der Waals surface area (Å²) >= 11 is 1.61. The number of anilines is 1. The number of nitrogens with zero attached hydrogens (tertiary/aromatic N) is 1. The Bertz CT molecular complexity index is 1010. The first-order chi connectivity index (χ1) is 11.6. The number of benzene rings is 2. The number of amides is 1. The van der Waals surface area contributed by atoms with Crippen molar-refractivity contribution in [2.24, 2.45) is 0 Å². The molecule has 2 aliphatic heterocycles. The zero-order chi connectivity index (χ0) is 16.4. The molecule has 6 heteroatoms. The Hall–Kier alpha value is -2.60. The van der Waals surface area contributed by atoms with E-state index in [1.807, 2.05) is 17.0 Å². The zero-order valence-corrected chi connectivity index (χ0v) is 13.5. The Morgan fingerprint density at radius 3 is 3.00 bits per heavy atom. The summed E-state index contributed by atoms with van der Waals surface area (Å²) in [4.78, 5) is 15.6. The number of hydrogen-bond donors (Lipinski definition) is 2. The lowest BCUT2D eigenvalue weighted by molar-refractivity contribution is 0.0701. The molecule has 0 fully saturated rings. The van der Waals surface area contributed by atoms with Crippen LogP contribution in [0.4, 0.5) is 5.69 Å². The van der Waals surface area contributed by atoms with Crippen LogP contribution < -0.4 is 5.73 Å². The second kappa shape index (κ2) is 4.70. The minimum atomic E-state index is -0.174. The number of carbonyl (C=O) groups is 1. The van der Waals surface area contributed by atoms with Crippen molar-refractivity contribution in [1.82, 2.24) is 4.90 Å². The van der Waals surface area contributed by atoms with E-state index in [1.54, 1.807) is 36.0 Å². The van der Waals surface area contributed by atoms with Crippen LogP contribution in [0.15, 0.2) is 45.7 Å². The van der Waals surface area contributed by atoms with Crippen molar-refractivity contribution in [2.45, 2.75) is 16.7 Å². The van der Waals surface area contributed by atoms with Gasteiger partial charge in [-0.15, -0.1) is 0 Å². The Labute approximate surface area is 142 Å². The summed E-state index contributed by atoms with van der Waals surface area (Å²) < 4.78 is 6.05. The molecule has 1 atom stereocenters. The Morgan fingerprint density at radius 1 is 1.25 bits per heavy atom. The molecule has 3 aromatic rings. The van der Waals surface area contributed by atoms with Crippen molar-refractivity contribution in [2.75, 3.05) is 12.3 Å². The molecule has 5 rings (SSSR count). The molecule has 0 bridgehead atoms. The Kier molecular flexibility index (Phi) is 2.71. The van der Waals surface area contributed by atoms with Crippen molar-refractivity contribution in [3.05, 3.63) is 53.3 Å². The number of phenolic OH excluding ortho intramolecular Hbond substituents is 1. The van der Waals surface area contributed by atoms with Gasteiger partial charge in [-0.2, -0.15) is 0 Å². The maximum absolute atomic E-state index is 12.9. The van der Waals surface area contributed by atoms with Crippen molar-refractivity contribution in [3.63, 3.8) is 0 Å². The first-order valence-electron chi connectivity index (χ1n) is 7.73. The SMILES string of the molecule is Nc1ccc2c(c1)C(=O)N1CCc3c(oc4ccc(O)cc34)C1S2. The quantitative estimate of drug-likeness (QED) is 0.613. The lowest BCUT2D eigenvalue weighted by Gasteiger charge is -2.38. The van der Waals surface area contributed by atoms with E-state index in [4.69, 9.17) is 10.2 Å². The number of furan rings is 1. The molecule has 0 aliphatic carbocycles. The van der Waals surface area contributed by atoms with Crippen LogP contribution in [0.1, 0.15) is 27.1 Å². The molecule has 1 unspecified atom stereocenters. The summed E-state index contributed by atoms with van der Waals surface area (Å²) in [5.41, 5.74) is 8.92. The van der Waals surface area contributed by atoms with Crippen molar-refractivity contribution in [3.8, 4) is 5.75 Å². The van der Waals surface area contributed by atoms with Gasteiger partial charge in [0.2, 0.25) is 0 Å². The average molecular weight is 338 g/mol. The molecule has 24 heavy (non-hydrogen) atoms. The highest BCUT2D eigenvalue weighted by atomic mass is 32.2. The van der Waals surface area contributed by atoms with E-state index in [0.717, 1.165) is 27.2 Å². The van der Waals surface area contributed by atoms with E-state index < -0.39 is 0 Å². The molecular formula is C18H14N2O3S. The van der Waals surface area contributed by atoms with Gasteiger partial charge in [0.25, 0.3) is 5.91 Å². The number of carbonyl (C=O) groups excluding carboxylic acids is 1.